The number of hydrogen-bond donors (Lipinski definition) is 2. The van der Waals surface area contributed by atoms with Crippen LogP contribution in [0.2, 0.25) is 0 Å². The van der Waals surface area contributed by atoms with Crippen LogP contribution in [0.3, 0.4) is 0 Å². The molecule has 0 saturated heterocycles. The minimum Gasteiger partial charge on any atom is -0.370 e. The van der Waals surface area contributed by atoms with E-state index in [0.29, 0.717) is 11.2 Å². The van der Waals surface area contributed by atoms with Crippen LogP contribution in [-0.2, 0) is 11.3 Å². The van der Waals surface area contributed by atoms with E-state index < -0.39 is 0 Å². The molecule has 0 bridgehead atoms. The fraction of sp³-hybridized carbons (Fsp3) is 0.833. The molecule has 0 atom stereocenters. The number of H-pyrrole nitrogens is 1. The van der Waals surface area contributed by atoms with Crippen molar-refractivity contribution in [3.63, 3.8) is 0 Å². The van der Waals surface area contributed by atoms with Crippen LogP contribution < -0.4 is 5.73 Å². The average Bonchev–Trinajstić information content (AvgIpc) is 2.77. The third-order valence-electron chi connectivity index (χ3n) is 3.09. The highest BCUT2D eigenvalue weighted by Crippen LogP contribution is 2.09. The lowest BCUT2D eigenvalue weighted by atomic mass is 10.1. The minimum absolute atomic E-state index is 0.188. The number of unbranched alkanes of at least 4 members (excludes halogenated alkanes) is 7. The maximum Gasteiger partial charge on any atom is 0.238 e. The highest BCUT2D eigenvalue weighted by molar-refractivity contribution is 7.71. The van der Waals surface area contributed by atoms with E-state index in [-0.39, 0.29) is 5.91 Å². The van der Waals surface area contributed by atoms with E-state index in [1.54, 1.807) is 4.68 Å². The number of nitrogens with one attached hydrogen (secondary N) is 1. The van der Waals surface area contributed by atoms with Gasteiger partial charge in [0.25, 0.3) is 0 Å². The van der Waals surface area contributed by atoms with Crippen LogP contribution in [0.4, 0.5) is 0 Å². The zero-order chi connectivity index (χ0) is 13.9. The lowest BCUT2D eigenvalue weighted by Gasteiger charge is -2.02. The predicted molar refractivity (Wildman–Crippen MR) is 76.0 cm³/mol. The van der Waals surface area contributed by atoms with Gasteiger partial charge in [0, 0.05) is 13.0 Å². The molecule has 0 fully saturated rings. The Hall–Kier alpha value is -1.24. The number of carbonyl (C=O) groups is 1. The van der Waals surface area contributed by atoms with Gasteiger partial charge in [-0.1, -0.05) is 48.8 Å². The summed E-state index contributed by atoms with van der Waals surface area (Å²) in [5, 5.41) is 10.1. The minimum atomic E-state index is -0.188. The SMILES string of the molecule is NC(=O)CCCCCCCCCCn1[nH]nnc1=S. The molecule has 1 aromatic heterocycles. The monoisotopic (exact) mass is 285 g/mol. The number of nitrogens with zero attached hydrogens (tertiary/aromatic N) is 3. The summed E-state index contributed by atoms with van der Waals surface area (Å²) in [6.07, 6.45) is 9.79. The van der Waals surface area contributed by atoms with E-state index in [1.165, 1.54) is 32.1 Å². The first-order valence-corrected chi connectivity index (χ1v) is 7.37. The molecule has 0 aromatic carbocycles. The van der Waals surface area contributed by atoms with E-state index in [2.05, 4.69) is 15.5 Å². The number of primary amides is 1. The molecule has 6 nitrogen and oxygen atoms in total. The number of aryl methyl sites for hydroxylation is 1. The Morgan fingerprint density at radius 2 is 1.68 bits per heavy atom. The Bertz CT molecular complexity index is 414. The number of amides is 1. The molecule has 108 valence electrons. The van der Waals surface area contributed by atoms with Crippen molar-refractivity contribution in [1.29, 1.82) is 0 Å². The molecule has 0 radical (unpaired) electrons. The molecular weight excluding hydrogens is 262 g/mol. The fourth-order valence-electron chi connectivity index (χ4n) is 1.99. The summed E-state index contributed by atoms with van der Waals surface area (Å²) in [7, 11) is 0. The molecule has 7 heteroatoms. The molecule has 0 saturated carbocycles. The second-order valence-electron chi connectivity index (χ2n) is 4.78. The van der Waals surface area contributed by atoms with Gasteiger partial charge in [-0.15, -0.1) is 0 Å². The summed E-state index contributed by atoms with van der Waals surface area (Å²) in [4.78, 5) is 10.5. The molecule has 1 rings (SSSR count). The number of carbonyl (C=O) groups excluding carboxylic acids is 1. The van der Waals surface area contributed by atoms with Crippen molar-refractivity contribution in [3.8, 4) is 0 Å². The van der Waals surface area contributed by atoms with Gasteiger partial charge < -0.3 is 5.73 Å². The summed E-state index contributed by atoms with van der Waals surface area (Å²) in [6, 6.07) is 0. The van der Waals surface area contributed by atoms with Gasteiger partial charge in [-0.25, -0.2) is 4.68 Å². The largest absolute Gasteiger partial charge is 0.370 e. The molecule has 0 unspecified atom stereocenters. The maximum atomic E-state index is 10.5. The molecule has 3 N–H and O–H groups in total. The van der Waals surface area contributed by atoms with Gasteiger partial charge in [-0.2, -0.15) is 5.21 Å². The average molecular weight is 285 g/mol. The number of aromatic nitrogens is 4. The van der Waals surface area contributed by atoms with Crippen LogP contribution in [0.5, 0.6) is 0 Å². The molecule has 1 aromatic rings. The number of aromatic amines is 1. The number of rotatable bonds is 11. The van der Waals surface area contributed by atoms with E-state index in [1.807, 2.05) is 0 Å². The van der Waals surface area contributed by atoms with Crippen molar-refractivity contribution < 1.29 is 4.79 Å². The molecule has 19 heavy (non-hydrogen) atoms. The van der Waals surface area contributed by atoms with Crippen LogP contribution in [0, 0.1) is 4.77 Å². The van der Waals surface area contributed by atoms with Crippen LogP contribution in [0.25, 0.3) is 0 Å². The highest BCUT2D eigenvalue weighted by atomic mass is 32.1. The van der Waals surface area contributed by atoms with Crippen molar-refractivity contribution in [1.82, 2.24) is 20.2 Å². The Kier molecular flexibility index (Phi) is 8.04. The van der Waals surface area contributed by atoms with Gasteiger partial charge in [-0.05, 0) is 25.1 Å². The molecule has 1 heterocycles. The topological polar surface area (TPSA) is 89.6 Å². The Balaban J connectivity index is 1.85. The zero-order valence-electron chi connectivity index (χ0n) is 11.3. The first kappa shape index (κ1) is 15.8. The van der Waals surface area contributed by atoms with Crippen molar-refractivity contribution >= 4 is 18.1 Å². The second-order valence-corrected chi connectivity index (χ2v) is 5.14. The Morgan fingerprint density at radius 3 is 2.21 bits per heavy atom. The van der Waals surface area contributed by atoms with Crippen LogP contribution in [-0.4, -0.2) is 26.1 Å². The highest BCUT2D eigenvalue weighted by Gasteiger charge is 1.97. The molecule has 0 aliphatic heterocycles. The van der Waals surface area contributed by atoms with Gasteiger partial charge >= 0.3 is 0 Å². The summed E-state index contributed by atoms with van der Waals surface area (Å²) in [5.41, 5.74) is 5.08. The molecular formula is C12H23N5OS. The second kappa shape index (κ2) is 9.66. The lowest BCUT2D eigenvalue weighted by Crippen LogP contribution is -2.09. The van der Waals surface area contributed by atoms with Gasteiger partial charge in [0.1, 0.15) is 0 Å². The lowest BCUT2D eigenvalue weighted by molar-refractivity contribution is -0.118. The maximum absolute atomic E-state index is 10.5. The molecule has 0 aliphatic carbocycles. The first-order valence-electron chi connectivity index (χ1n) is 6.96. The number of tetrazole rings is 1. The van der Waals surface area contributed by atoms with E-state index in [9.17, 15) is 4.79 Å². The van der Waals surface area contributed by atoms with E-state index >= 15 is 0 Å². The van der Waals surface area contributed by atoms with Crippen molar-refractivity contribution in [2.75, 3.05) is 0 Å². The van der Waals surface area contributed by atoms with Gasteiger partial charge in [0.05, 0.1) is 0 Å². The van der Waals surface area contributed by atoms with E-state index in [4.69, 9.17) is 18.0 Å². The molecule has 0 spiro atoms. The third-order valence-corrected chi connectivity index (χ3v) is 3.39. The third kappa shape index (κ3) is 7.71. The van der Waals surface area contributed by atoms with Crippen LogP contribution in [0.1, 0.15) is 57.8 Å². The zero-order valence-corrected chi connectivity index (χ0v) is 12.1. The number of hydrogen-bond acceptors (Lipinski definition) is 4. The quantitative estimate of drug-likeness (QED) is 0.482. The van der Waals surface area contributed by atoms with Crippen LogP contribution in [0.15, 0.2) is 0 Å². The Labute approximate surface area is 118 Å². The molecule has 0 aliphatic rings. The van der Waals surface area contributed by atoms with Gasteiger partial charge in [0.2, 0.25) is 10.7 Å². The summed E-state index contributed by atoms with van der Waals surface area (Å²) in [5.74, 6) is -0.188. The predicted octanol–water partition coefficient (Wildman–Crippen LogP) is 2.33. The first-order chi connectivity index (χ1) is 9.20. The fourth-order valence-corrected chi connectivity index (χ4v) is 2.16. The normalized spacial score (nSPS) is 10.7. The number of nitrogens with two attached hydrogens (primary N) is 1. The summed E-state index contributed by atoms with van der Waals surface area (Å²) in [6.45, 7) is 0.866. The molecule has 1 amide bonds. The van der Waals surface area contributed by atoms with Crippen molar-refractivity contribution in [2.24, 2.45) is 5.73 Å². The van der Waals surface area contributed by atoms with Crippen molar-refractivity contribution in [2.45, 2.75) is 64.3 Å². The van der Waals surface area contributed by atoms with Crippen LogP contribution >= 0.6 is 12.2 Å². The summed E-state index contributed by atoms with van der Waals surface area (Å²) >= 11 is 4.99. The van der Waals surface area contributed by atoms with Crippen molar-refractivity contribution in [3.05, 3.63) is 4.77 Å². The van der Waals surface area contributed by atoms with Gasteiger partial charge in [0.15, 0.2) is 0 Å². The smallest absolute Gasteiger partial charge is 0.238 e. The van der Waals surface area contributed by atoms with Gasteiger partial charge in [-0.3, -0.25) is 4.79 Å². The Morgan fingerprint density at radius 1 is 1.11 bits per heavy atom. The standard InChI is InChI=1S/C12H23N5OS/c13-11(18)9-7-5-3-1-2-4-6-8-10-17-12(19)14-15-16-17/h1-10H2,(H2,13,18)(H,14,16,19). The van der Waals surface area contributed by atoms with E-state index in [0.717, 1.165) is 25.8 Å². The summed E-state index contributed by atoms with van der Waals surface area (Å²) < 4.78 is 2.31.